The fraction of sp³-hybridized carbons (Fsp3) is 0.0755. The average molecular weight is 739 g/mol. The van der Waals surface area contributed by atoms with Gasteiger partial charge in [-0.05, 0) is 91.1 Å². The van der Waals surface area contributed by atoms with E-state index in [9.17, 15) is 0 Å². The zero-order valence-corrected chi connectivity index (χ0v) is 32.5. The summed E-state index contributed by atoms with van der Waals surface area (Å²) in [7, 11) is 0. The summed E-state index contributed by atoms with van der Waals surface area (Å²) in [5.74, 6) is 0.253. The van der Waals surface area contributed by atoms with E-state index < -0.39 is 0 Å². The normalized spacial score (nSPS) is 15.0. The van der Waals surface area contributed by atoms with Gasteiger partial charge in [-0.3, -0.25) is 0 Å². The third-order valence-electron chi connectivity index (χ3n) is 10.8. The summed E-state index contributed by atoms with van der Waals surface area (Å²) in [6.45, 7) is 8.78. The van der Waals surface area contributed by atoms with Gasteiger partial charge in [-0.1, -0.05) is 146 Å². The monoisotopic (exact) mass is 738 g/mol. The molecule has 8 aromatic rings. The van der Waals surface area contributed by atoms with E-state index in [2.05, 4.69) is 213 Å². The summed E-state index contributed by atoms with van der Waals surface area (Å²) in [5.41, 5.74) is 11.0. The lowest BCUT2D eigenvalue weighted by Gasteiger charge is -2.15. The Balaban J connectivity index is 1.17. The zero-order chi connectivity index (χ0) is 38.0. The van der Waals surface area contributed by atoms with Crippen molar-refractivity contribution in [2.45, 2.75) is 26.2 Å². The number of para-hydroxylation sites is 2. The molecule has 6 aromatic carbocycles. The number of hydrogen-bond acceptors (Lipinski definition) is 2. The number of aliphatic imine (C=N–C) groups is 1. The molecule has 0 aliphatic heterocycles. The molecule has 0 fully saturated rings. The van der Waals surface area contributed by atoms with Crippen molar-refractivity contribution in [2.75, 3.05) is 0 Å². The summed E-state index contributed by atoms with van der Waals surface area (Å²) in [6, 6.07) is 54.2. The second-order valence-electron chi connectivity index (χ2n) is 14.4. The highest BCUT2D eigenvalue weighted by Crippen LogP contribution is 2.29. The van der Waals surface area contributed by atoms with E-state index in [-0.39, 0.29) is 5.92 Å². The first-order valence-electron chi connectivity index (χ1n) is 19.3. The van der Waals surface area contributed by atoms with E-state index >= 15 is 0 Å². The SMILES string of the molecule is C=C(C=c1/c(=C\C=C/C)sc2ccc(C3C=c4c(n(-c5ccccc5)c5ccccc45)=CC3)cc12)N=C(c1cccc(-c2ccccc2)c1)c1ccccc1C. The van der Waals surface area contributed by atoms with E-state index in [0.717, 1.165) is 34.0 Å². The largest absolute Gasteiger partial charge is 0.310 e. The standard InChI is InChI=1S/C53H42N2S/c1-4-5-27-51-47(32-37(3)54-53(44-24-13-12-17-36(44)2)42-21-16-20-39(33-42)38-18-8-6-9-19-38)48-35-41(29-31-52(48)56-51)40-28-30-50-46(34-40)45-25-14-15-26-49(45)55(50)43-22-10-7-11-23-43/h4-27,29-35,40H,3,28H2,1-2H3/b5-4-,47-32?,51-27+,54-53?. The molecule has 56 heavy (non-hydrogen) atoms. The van der Waals surface area contributed by atoms with E-state index in [1.807, 2.05) is 11.3 Å². The van der Waals surface area contributed by atoms with Crippen LogP contribution in [0.2, 0.25) is 0 Å². The Morgan fingerprint density at radius 2 is 1.52 bits per heavy atom. The molecule has 0 saturated heterocycles. The fourth-order valence-electron chi connectivity index (χ4n) is 8.03. The van der Waals surface area contributed by atoms with Crippen molar-refractivity contribution >= 4 is 62.3 Å². The first kappa shape index (κ1) is 35.2. The minimum atomic E-state index is 0.253. The number of aryl methyl sites for hydroxylation is 1. The van der Waals surface area contributed by atoms with E-state index in [0.29, 0.717) is 5.70 Å². The Hall–Kier alpha value is -6.55. The molecule has 9 rings (SSSR count). The van der Waals surface area contributed by atoms with Crippen molar-refractivity contribution in [3.8, 4) is 16.8 Å². The second kappa shape index (κ2) is 15.3. The molecule has 1 unspecified atom stereocenters. The molecule has 2 nitrogen and oxygen atoms in total. The number of rotatable bonds is 8. The quantitative estimate of drug-likeness (QED) is 0.138. The third-order valence-corrected chi connectivity index (χ3v) is 11.9. The van der Waals surface area contributed by atoms with Gasteiger partial charge in [0.15, 0.2) is 0 Å². The Labute approximate surface area is 332 Å². The number of allylic oxidation sites excluding steroid dienone is 3. The van der Waals surface area contributed by atoms with Crippen LogP contribution >= 0.6 is 11.3 Å². The summed E-state index contributed by atoms with van der Waals surface area (Å²) in [5, 5.41) is 6.25. The van der Waals surface area contributed by atoms with Crippen LogP contribution in [0.1, 0.15) is 41.5 Å². The highest BCUT2D eigenvalue weighted by atomic mass is 32.1. The topological polar surface area (TPSA) is 17.3 Å². The summed E-state index contributed by atoms with van der Waals surface area (Å²) in [4.78, 5) is 5.34. The van der Waals surface area contributed by atoms with Crippen LogP contribution in [0.5, 0.6) is 0 Å². The van der Waals surface area contributed by atoms with Gasteiger partial charge in [0, 0.05) is 58.5 Å². The first-order valence-corrected chi connectivity index (χ1v) is 20.1. The molecule has 1 atom stereocenters. The van der Waals surface area contributed by atoms with Gasteiger partial charge >= 0.3 is 0 Å². The van der Waals surface area contributed by atoms with Crippen LogP contribution in [-0.2, 0) is 0 Å². The molecular weight excluding hydrogens is 697 g/mol. The predicted molar refractivity (Wildman–Crippen MR) is 241 cm³/mol. The van der Waals surface area contributed by atoms with E-state index in [4.69, 9.17) is 4.99 Å². The third kappa shape index (κ3) is 6.72. The smallest absolute Gasteiger partial charge is 0.0784 e. The van der Waals surface area contributed by atoms with Crippen LogP contribution in [0.4, 0.5) is 0 Å². The van der Waals surface area contributed by atoms with Gasteiger partial charge in [0.05, 0.1) is 16.9 Å². The number of thiophene rings is 1. The van der Waals surface area contributed by atoms with Crippen LogP contribution in [0.25, 0.3) is 62.1 Å². The fourth-order valence-corrected chi connectivity index (χ4v) is 9.11. The maximum absolute atomic E-state index is 5.34. The van der Waals surface area contributed by atoms with Gasteiger partial charge in [0.1, 0.15) is 0 Å². The molecule has 270 valence electrons. The number of fused-ring (bicyclic) bond motifs is 4. The highest BCUT2D eigenvalue weighted by molar-refractivity contribution is 7.17. The summed E-state index contributed by atoms with van der Waals surface area (Å²) < 4.78 is 4.86. The van der Waals surface area contributed by atoms with Gasteiger partial charge in [0.2, 0.25) is 0 Å². The Kier molecular flexibility index (Phi) is 9.61. The summed E-state index contributed by atoms with van der Waals surface area (Å²) >= 11 is 1.82. The molecule has 0 bridgehead atoms. The minimum absolute atomic E-state index is 0.253. The molecule has 0 saturated carbocycles. The Morgan fingerprint density at radius 1 is 0.768 bits per heavy atom. The maximum Gasteiger partial charge on any atom is 0.0784 e. The molecule has 2 heterocycles. The Morgan fingerprint density at radius 3 is 2.34 bits per heavy atom. The van der Waals surface area contributed by atoms with E-state index in [1.54, 1.807) is 0 Å². The van der Waals surface area contributed by atoms with Gasteiger partial charge < -0.3 is 4.57 Å². The number of nitrogens with zero attached hydrogens (tertiary/aromatic N) is 2. The molecule has 3 heteroatoms. The van der Waals surface area contributed by atoms with Crippen LogP contribution in [0.3, 0.4) is 0 Å². The van der Waals surface area contributed by atoms with Gasteiger partial charge in [0.25, 0.3) is 0 Å². The molecule has 0 amide bonds. The highest BCUT2D eigenvalue weighted by Gasteiger charge is 2.18. The van der Waals surface area contributed by atoms with Gasteiger partial charge in [-0.25, -0.2) is 4.99 Å². The molecule has 1 aliphatic rings. The van der Waals surface area contributed by atoms with Crippen molar-refractivity contribution < 1.29 is 0 Å². The number of benzene rings is 6. The van der Waals surface area contributed by atoms with Crippen LogP contribution in [0.15, 0.2) is 181 Å². The van der Waals surface area contributed by atoms with Gasteiger partial charge in [-0.15, -0.1) is 11.3 Å². The summed E-state index contributed by atoms with van der Waals surface area (Å²) in [6.07, 6.45) is 14.4. The molecule has 2 aromatic heterocycles. The lowest BCUT2D eigenvalue weighted by Crippen LogP contribution is -2.31. The van der Waals surface area contributed by atoms with E-state index in [1.165, 1.54) is 58.5 Å². The maximum atomic E-state index is 5.34. The molecule has 0 spiro atoms. The van der Waals surface area contributed by atoms with Gasteiger partial charge in [-0.2, -0.15) is 0 Å². The van der Waals surface area contributed by atoms with Crippen molar-refractivity contribution in [3.63, 3.8) is 0 Å². The lowest BCUT2D eigenvalue weighted by atomic mass is 9.91. The van der Waals surface area contributed by atoms with Crippen molar-refractivity contribution in [1.29, 1.82) is 0 Å². The van der Waals surface area contributed by atoms with Crippen LogP contribution in [0, 0.1) is 6.92 Å². The van der Waals surface area contributed by atoms with Crippen LogP contribution in [-0.4, -0.2) is 10.3 Å². The molecular formula is C53H42N2S. The second-order valence-corrected chi connectivity index (χ2v) is 15.5. The van der Waals surface area contributed by atoms with Crippen LogP contribution < -0.4 is 20.3 Å². The molecule has 1 aliphatic carbocycles. The van der Waals surface area contributed by atoms with Crippen molar-refractivity contribution in [3.05, 3.63) is 219 Å². The van der Waals surface area contributed by atoms with Crippen molar-refractivity contribution in [2.24, 2.45) is 4.99 Å². The lowest BCUT2D eigenvalue weighted by molar-refractivity contribution is 0.909. The molecule has 0 radical (unpaired) electrons. The number of hydrogen-bond donors (Lipinski definition) is 0. The molecule has 0 N–H and O–H groups in total. The number of aromatic nitrogens is 1. The first-order chi connectivity index (χ1) is 27.6. The average Bonchev–Trinajstić information content (AvgIpc) is 3.77. The minimum Gasteiger partial charge on any atom is -0.310 e. The predicted octanol–water partition coefficient (Wildman–Crippen LogP) is 10.8. The van der Waals surface area contributed by atoms with Crippen molar-refractivity contribution in [1.82, 2.24) is 4.57 Å². The Bertz CT molecular complexity index is 3090. The zero-order valence-electron chi connectivity index (χ0n) is 31.7.